The fourth-order valence-corrected chi connectivity index (χ4v) is 1.43. The van der Waals surface area contributed by atoms with E-state index >= 15 is 0 Å². The van der Waals surface area contributed by atoms with E-state index in [1.54, 1.807) is 4.90 Å². The SMILES string of the molecule is C#C[C@H]1CN(C(=O)OC(C)(C)C)[C@H](C)CO1. The molecular formula is C12H19NO3. The number of hydrogen-bond acceptors (Lipinski definition) is 3. The van der Waals surface area contributed by atoms with E-state index in [4.69, 9.17) is 15.9 Å². The first-order valence-corrected chi connectivity index (χ1v) is 5.41. The second-order valence-corrected chi connectivity index (χ2v) is 4.97. The molecule has 0 aromatic carbocycles. The molecule has 1 saturated heterocycles. The number of rotatable bonds is 0. The summed E-state index contributed by atoms with van der Waals surface area (Å²) in [4.78, 5) is 13.5. The van der Waals surface area contributed by atoms with Crippen LogP contribution in [0.5, 0.6) is 0 Å². The maximum atomic E-state index is 11.9. The van der Waals surface area contributed by atoms with Crippen molar-refractivity contribution in [2.45, 2.75) is 45.4 Å². The van der Waals surface area contributed by atoms with Crippen LogP contribution in [0.2, 0.25) is 0 Å². The Morgan fingerprint density at radius 1 is 1.56 bits per heavy atom. The molecule has 0 N–H and O–H groups in total. The number of amides is 1. The number of carbonyl (C=O) groups excluding carboxylic acids is 1. The summed E-state index contributed by atoms with van der Waals surface area (Å²) >= 11 is 0. The molecule has 0 saturated carbocycles. The Kier molecular flexibility index (Phi) is 3.82. The maximum Gasteiger partial charge on any atom is 0.410 e. The van der Waals surface area contributed by atoms with Gasteiger partial charge in [-0.3, -0.25) is 4.90 Å². The lowest BCUT2D eigenvalue weighted by Crippen LogP contribution is -2.52. The predicted octanol–water partition coefficient (Wildman–Crippen LogP) is 1.64. The van der Waals surface area contributed by atoms with Gasteiger partial charge >= 0.3 is 6.09 Å². The van der Waals surface area contributed by atoms with Gasteiger partial charge in [0.15, 0.2) is 0 Å². The van der Waals surface area contributed by atoms with Crippen LogP contribution < -0.4 is 0 Å². The summed E-state index contributed by atoms with van der Waals surface area (Å²) in [5, 5.41) is 0. The summed E-state index contributed by atoms with van der Waals surface area (Å²) in [5.74, 6) is 2.50. The van der Waals surface area contributed by atoms with Crippen molar-refractivity contribution in [3.05, 3.63) is 0 Å². The summed E-state index contributed by atoms with van der Waals surface area (Å²) < 4.78 is 10.7. The van der Waals surface area contributed by atoms with Crippen LogP contribution in [0.4, 0.5) is 4.79 Å². The molecule has 1 aliphatic heterocycles. The third-order valence-electron chi connectivity index (χ3n) is 2.25. The van der Waals surface area contributed by atoms with E-state index in [2.05, 4.69) is 5.92 Å². The summed E-state index contributed by atoms with van der Waals surface area (Å²) in [6, 6.07) is -0.000509. The Bertz CT molecular complexity index is 300. The molecule has 1 heterocycles. The molecule has 90 valence electrons. The molecule has 0 aromatic rings. The van der Waals surface area contributed by atoms with E-state index in [1.165, 1.54) is 0 Å². The zero-order valence-electron chi connectivity index (χ0n) is 10.3. The molecule has 0 spiro atoms. The van der Waals surface area contributed by atoms with Gasteiger partial charge in [0.05, 0.1) is 19.2 Å². The summed E-state index contributed by atoms with van der Waals surface area (Å²) in [6.45, 7) is 8.29. The Morgan fingerprint density at radius 2 is 2.19 bits per heavy atom. The van der Waals surface area contributed by atoms with Crippen molar-refractivity contribution in [1.29, 1.82) is 0 Å². The second-order valence-electron chi connectivity index (χ2n) is 4.97. The van der Waals surface area contributed by atoms with Crippen molar-refractivity contribution in [3.63, 3.8) is 0 Å². The number of nitrogens with zero attached hydrogens (tertiary/aromatic N) is 1. The van der Waals surface area contributed by atoms with Crippen molar-refractivity contribution >= 4 is 6.09 Å². The third-order valence-corrected chi connectivity index (χ3v) is 2.25. The second kappa shape index (κ2) is 4.75. The minimum atomic E-state index is -0.485. The molecular weight excluding hydrogens is 206 g/mol. The standard InChI is InChI=1S/C12H19NO3/c1-6-10-7-13(9(2)8-15-10)11(14)16-12(3,4)5/h1,9-10H,7-8H2,2-5H3/t9-,10+/m1/s1. The fraction of sp³-hybridized carbons (Fsp3) is 0.750. The fourth-order valence-electron chi connectivity index (χ4n) is 1.43. The van der Waals surface area contributed by atoms with Crippen LogP contribution in [-0.2, 0) is 9.47 Å². The van der Waals surface area contributed by atoms with Gasteiger partial charge in [-0.1, -0.05) is 5.92 Å². The minimum Gasteiger partial charge on any atom is -0.444 e. The molecule has 1 aliphatic rings. The van der Waals surface area contributed by atoms with Crippen LogP contribution in [0, 0.1) is 12.3 Å². The van der Waals surface area contributed by atoms with Crippen LogP contribution in [0.25, 0.3) is 0 Å². The molecule has 0 radical (unpaired) electrons. The van der Waals surface area contributed by atoms with Crippen LogP contribution >= 0.6 is 0 Å². The average molecular weight is 225 g/mol. The molecule has 0 bridgehead atoms. The molecule has 4 heteroatoms. The topological polar surface area (TPSA) is 38.8 Å². The molecule has 1 amide bonds. The minimum absolute atomic E-state index is 0.000509. The van der Waals surface area contributed by atoms with Gasteiger partial charge in [0.1, 0.15) is 11.7 Å². The Hall–Kier alpha value is -1.21. The normalized spacial score (nSPS) is 26.1. The first kappa shape index (κ1) is 12.9. The van der Waals surface area contributed by atoms with E-state index in [0.717, 1.165) is 0 Å². The van der Waals surface area contributed by atoms with Crippen molar-refractivity contribution in [2.24, 2.45) is 0 Å². The van der Waals surface area contributed by atoms with E-state index in [0.29, 0.717) is 13.2 Å². The van der Waals surface area contributed by atoms with Gasteiger partial charge in [0.2, 0.25) is 0 Å². The van der Waals surface area contributed by atoms with Crippen molar-refractivity contribution in [3.8, 4) is 12.3 Å². The molecule has 0 aromatic heterocycles. The Labute approximate surface area is 96.9 Å². The first-order valence-electron chi connectivity index (χ1n) is 5.41. The van der Waals surface area contributed by atoms with Gasteiger partial charge < -0.3 is 9.47 Å². The summed E-state index contributed by atoms with van der Waals surface area (Å²) in [5.41, 5.74) is -0.485. The van der Waals surface area contributed by atoms with Crippen LogP contribution in [-0.4, -0.2) is 41.9 Å². The van der Waals surface area contributed by atoms with Crippen molar-refractivity contribution in [2.75, 3.05) is 13.2 Å². The zero-order chi connectivity index (χ0) is 12.3. The molecule has 2 atom stereocenters. The number of morpholine rings is 1. The third kappa shape index (κ3) is 3.42. The van der Waals surface area contributed by atoms with Gasteiger partial charge in [-0.25, -0.2) is 4.79 Å². The Balaban J connectivity index is 2.63. The van der Waals surface area contributed by atoms with Crippen LogP contribution in [0.1, 0.15) is 27.7 Å². The van der Waals surface area contributed by atoms with Gasteiger partial charge in [-0.05, 0) is 27.7 Å². The van der Waals surface area contributed by atoms with Crippen LogP contribution in [0.15, 0.2) is 0 Å². The summed E-state index contributed by atoms with van der Waals surface area (Å²) in [6.07, 6.45) is 4.62. The highest BCUT2D eigenvalue weighted by molar-refractivity contribution is 5.68. The van der Waals surface area contributed by atoms with Crippen molar-refractivity contribution in [1.82, 2.24) is 4.90 Å². The molecule has 4 nitrogen and oxygen atoms in total. The lowest BCUT2D eigenvalue weighted by atomic mass is 10.2. The number of terminal acetylenes is 1. The molecule has 1 rings (SSSR count). The van der Waals surface area contributed by atoms with E-state index in [9.17, 15) is 4.79 Å². The number of ether oxygens (including phenoxy) is 2. The number of hydrogen-bond donors (Lipinski definition) is 0. The highest BCUT2D eigenvalue weighted by Gasteiger charge is 2.31. The van der Waals surface area contributed by atoms with Crippen molar-refractivity contribution < 1.29 is 14.3 Å². The van der Waals surface area contributed by atoms with E-state index in [-0.39, 0.29) is 18.2 Å². The van der Waals surface area contributed by atoms with Gasteiger partial charge in [0.25, 0.3) is 0 Å². The quantitative estimate of drug-likeness (QED) is 0.588. The lowest BCUT2D eigenvalue weighted by molar-refractivity contribution is -0.0467. The molecule has 0 aliphatic carbocycles. The monoisotopic (exact) mass is 225 g/mol. The molecule has 1 fully saturated rings. The molecule has 0 unspecified atom stereocenters. The largest absolute Gasteiger partial charge is 0.444 e. The lowest BCUT2D eigenvalue weighted by Gasteiger charge is -2.37. The van der Waals surface area contributed by atoms with E-state index in [1.807, 2.05) is 27.7 Å². The number of carbonyl (C=O) groups is 1. The average Bonchev–Trinajstić information content (AvgIpc) is 2.15. The predicted molar refractivity (Wildman–Crippen MR) is 61.0 cm³/mol. The first-order chi connectivity index (χ1) is 7.33. The molecule has 16 heavy (non-hydrogen) atoms. The highest BCUT2D eigenvalue weighted by atomic mass is 16.6. The maximum absolute atomic E-state index is 11.9. The smallest absolute Gasteiger partial charge is 0.410 e. The summed E-state index contributed by atoms with van der Waals surface area (Å²) in [7, 11) is 0. The van der Waals surface area contributed by atoms with E-state index < -0.39 is 5.60 Å². The van der Waals surface area contributed by atoms with Gasteiger partial charge in [0, 0.05) is 0 Å². The highest BCUT2D eigenvalue weighted by Crippen LogP contribution is 2.16. The Morgan fingerprint density at radius 3 is 2.69 bits per heavy atom. The van der Waals surface area contributed by atoms with Crippen LogP contribution in [0.3, 0.4) is 0 Å². The zero-order valence-corrected chi connectivity index (χ0v) is 10.3. The van der Waals surface area contributed by atoms with Gasteiger partial charge in [-0.2, -0.15) is 0 Å². The van der Waals surface area contributed by atoms with Gasteiger partial charge in [-0.15, -0.1) is 6.42 Å².